The third kappa shape index (κ3) is 1.95. The zero-order valence-corrected chi connectivity index (χ0v) is 9.51. The second-order valence-electron chi connectivity index (χ2n) is 4.29. The first-order valence-electron chi connectivity index (χ1n) is 5.64. The van der Waals surface area contributed by atoms with Crippen molar-refractivity contribution in [3.05, 3.63) is 0 Å². The first kappa shape index (κ1) is 11.5. The zero-order chi connectivity index (χ0) is 11.6. The fourth-order valence-electron chi connectivity index (χ4n) is 2.35. The summed E-state index contributed by atoms with van der Waals surface area (Å²) in [6.45, 7) is 5.35. The Kier molecular flexibility index (Phi) is 3.22. The highest BCUT2D eigenvalue weighted by Crippen LogP contribution is 2.16. The highest BCUT2D eigenvalue weighted by Gasteiger charge is 2.43. The first-order chi connectivity index (χ1) is 7.65. The van der Waals surface area contributed by atoms with Gasteiger partial charge in [0, 0.05) is 32.7 Å². The van der Waals surface area contributed by atoms with E-state index < -0.39 is 5.66 Å². The van der Waals surface area contributed by atoms with Crippen molar-refractivity contribution in [2.24, 2.45) is 0 Å². The van der Waals surface area contributed by atoms with Gasteiger partial charge in [-0.1, -0.05) is 0 Å². The predicted octanol–water partition coefficient (Wildman–Crippen LogP) is -2.10. The monoisotopic (exact) mass is 226 g/mol. The topological polar surface area (TPSA) is 73.5 Å². The molecule has 0 aliphatic carbocycles. The second-order valence-corrected chi connectivity index (χ2v) is 4.29. The summed E-state index contributed by atoms with van der Waals surface area (Å²) in [5.41, 5.74) is -0.698. The summed E-state index contributed by atoms with van der Waals surface area (Å²) in [6.07, 6.45) is 0. The summed E-state index contributed by atoms with van der Waals surface area (Å²) < 4.78 is 0. The van der Waals surface area contributed by atoms with Gasteiger partial charge in [0.15, 0.2) is 5.78 Å². The number of hydrogen-bond acceptors (Lipinski definition) is 5. The van der Waals surface area contributed by atoms with Gasteiger partial charge in [0.2, 0.25) is 5.91 Å². The Morgan fingerprint density at radius 2 is 2.19 bits per heavy atom. The van der Waals surface area contributed by atoms with Crippen LogP contribution in [0.5, 0.6) is 0 Å². The van der Waals surface area contributed by atoms with Gasteiger partial charge < -0.3 is 10.6 Å². The largest absolute Gasteiger partial charge is 0.354 e. The predicted molar refractivity (Wildman–Crippen MR) is 58.9 cm³/mol. The van der Waals surface area contributed by atoms with Crippen LogP contribution in [0.1, 0.15) is 6.92 Å². The number of carbonyl (C=O) groups is 2. The van der Waals surface area contributed by atoms with Gasteiger partial charge in [0.05, 0.1) is 6.54 Å². The minimum atomic E-state index is -0.698. The molecular formula is C10H18N4O2. The quantitative estimate of drug-likeness (QED) is 0.503. The lowest BCUT2D eigenvalue weighted by molar-refractivity contribution is -0.138. The van der Waals surface area contributed by atoms with Crippen molar-refractivity contribution in [3.63, 3.8) is 0 Å². The molecule has 2 heterocycles. The SMILES string of the molecule is CC(=O)C1(N2CCNC(=O)C2)CNCCN1. The second kappa shape index (κ2) is 4.48. The van der Waals surface area contributed by atoms with E-state index in [2.05, 4.69) is 16.0 Å². The molecule has 0 spiro atoms. The number of Topliss-reactive ketones (excluding diaryl/α,β-unsaturated/α-hetero) is 1. The van der Waals surface area contributed by atoms with Crippen molar-refractivity contribution in [3.8, 4) is 0 Å². The van der Waals surface area contributed by atoms with E-state index in [4.69, 9.17) is 0 Å². The van der Waals surface area contributed by atoms with Crippen molar-refractivity contribution in [2.75, 3.05) is 39.3 Å². The molecule has 0 aromatic carbocycles. The molecule has 6 nitrogen and oxygen atoms in total. The van der Waals surface area contributed by atoms with E-state index in [1.165, 1.54) is 0 Å². The number of ketones is 1. The summed E-state index contributed by atoms with van der Waals surface area (Å²) in [5.74, 6) is 0.0497. The molecule has 2 rings (SSSR count). The standard InChI is InChI=1S/C10H18N4O2/c1-8(15)10(7-11-2-3-13-10)14-5-4-12-9(16)6-14/h11,13H,2-7H2,1H3,(H,12,16). The maximum atomic E-state index is 11.9. The van der Waals surface area contributed by atoms with Crippen molar-refractivity contribution >= 4 is 11.7 Å². The third-order valence-electron chi connectivity index (χ3n) is 3.26. The van der Waals surface area contributed by atoms with E-state index in [0.29, 0.717) is 19.6 Å². The molecule has 90 valence electrons. The van der Waals surface area contributed by atoms with Gasteiger partial charge in [0.25, 0.3) is 0 Å². The molecule has 3 N–H and O–H groups in total. The molecular weight excluding hydrogens is 208 g/mol. The van der Waals surface area contributed by atoms with E-state index in [9.17, 15) is 9.59 Å². The van der Waals surface area contributed by atoms with Crippen LogP contribution in [0.15, 0.2) is 0 Å². The number of amides is 1. The number of piperazine rings is 2. The van der Waals surface area contributed by atoms with Gasteiger partial charge in [0.1, 0.15) is 5.66 Å². The summed E-state index contributed by atoms with van der Waals surface area (Å²) >= 11 is 0. The van der Waals surface area contributed by atoms with Crippen LogP contribution < -0.4 is 16.0 Å². The van der Waals surface area contributed by atoms with Crippen molar-refractivity contribution in [1.29, 1.82) is 0 Å². The van der Waals surface area contributed by atoms with Crippen LogP contribution in [-0.4, -0.2) is 61.5 Å². The van der Waals surface area contributed by atoms with Crippen LogP contribution in [0.2, 0.25) is 0 Å². The molecule has 1 atom stereocenters. The van der Waals surface area contributed by atoms with Gasteiger partial charge in [-0.15, -0.1) is 0 Å². The number of rotatable bonds is 2. The number of carbonyl (C=O) groups excluding carboxylic acids is 2. The molecule has 2 saturated heterocycles. The van der Waals surface area contributed by atoms with E-state index in [1.54, 1.807) is 6.92 Å². The molecule has 16 heavy (non-hydrogen) atoms. The molecule has 0 bridgehead atoms. The molecule has 1 amide bonds. The lowest BCUT2D eigenvalue weighted by Gasteiger charge is -2.46. The van der Waals surface area contributed by atoms with E-state index in [-0.39, 0.29) is 18.2 Å². The molecule has 2 aliphatic rings. The van der Waals surface area contributed by atoms with E-state index >= 15 is 0 Å². The van der Waals surface area contributed by atoms with Crippen molar-refractivity contribution < 1.29 is 9.59 Å². The Bertz CT molecular complexity index is 299. The minimum Gasteiger partial charge on any atom is -0.354 e. The van der Waals surface area contributed by atoms with Gasteiger partial charge in [-0.2, -0.15) is 0 Å². The molecule has 0 aromatic rings. The van der Waals surface area contributed by atoms with E-state index in [1.807, 2.05) is 4.90 Å². The lowest BCUT2D eigenvalue weighted by atomic mass is 10.00. The number of nitrogens with one attached hydrogen (secondary N) is 3. The van der Waals surface area contributed by atoms with Crippen molar-refractivity contribution in [1.82, 2.24) is 20.9 Å². The highest BCUT2D eigenvalue weighted by molar-refractivity contribution is 5.87. The maximum absolute atomic E-state index is 11.9. The molecule has 2 aliphatic heterocycles. The van der Waals surface area contributed by atoms with Gasteiger partial charge in [-0.3, -0.25) is 19.8 Å². The Morgan fingerprint density at radius 3 is 2.75 bits per heavy atom. The maximum Gasteiger partial charge on any atom is 0.234 e. The van der Waals surface area contributed by atoms with Gasteiger partial charge >= 0.3 is 0 Å². The number of hydrogen-bond donors (Lipinski definition) is 3. The minimum absolute atomic E-state index is 0.0146. The molecule has 1 unspecified atom stereocenters. The Morgan fingerprint density at radius 1 is 1.38 bits per heavy atom. The van der Waals surface area contributed by atoms with Crippen LogP contribution >= 0.6 is 0 Å². The van der Waals surface area contributed by atoms with Crippen LogP contribution in [0, 0.1) is 0 Å². The fourth-order valence-corrected chi connectivity index (χ4v) is 2.35. The van der Waals surface area contributed by atoms with E-state index in [0.717, 1.165) is 13.1 Å². The summed E-state index contributed by atoms with van der Waals surface area (Å²) in [4.78, 5) is 25.2. The first-order valence-corrected chi connectivity index (χ1v) is 5.64. The van der Waals surface area contributed by atoms with Crippen LogP contribution in [0.3, 0.4) is 0 Å². The molecule has 0 radical (unpaired) electrons. The van der Waals surface area contributed by atoms with Crippen molar-refractivity contribution in [2.45, 2.75) is 12.6 Å². The van der Waals surface area contributed by atoms with Crippen LogP contribution in [-0.2, 0) is 9.59 Å². The summed E-state index contributed by atoms with van der Waals surface area (Å²) in [6, 6.07) is 0. The molecule has 0 aromatic heterocycles. The summed E-state index contributed by atoms with van der Waals surface area (Å²) in [7, 11) is 0. The number of nitrogens with zero attached hydrogens (tertiary/aromatic N) is 1. The average molecular weight is 226 g/mol. The Hall–Kier alpha value is -0.980. The Balaban J connectivity index is 2.17. The third-order valence-corrected chi connectivity index (χ3v) is 3.26. The lowest BCUT2D eigenvalue weighted by Crippen LogP contribution is -2.74. The summed E-state index contributed by atoms with van der Waals surface area (Å²) in [5, 5.41) is 9.24. The fraction of sp³-hybridized carbons (Fsp3) is 0.800. The highest BCUT2D eigenvalue weighted by atomic mass is 16.2. The van der Waals surface area contributed by atoms with Gasteiger partial charge in [-0.25, -0.2) is 0 Å². The zero-order valence-electron chi connectivity index (χ0n) is 9.51. The van der Waals surface area contributed by atoms with Crippen LogP contribution in [0.4, 0.5) is 0 Å². The van der Waals surface area contributed by atoms with Crippen LogP contribution in [0.25, 0.3) is 0 Å². The normalized spacial score (nSPS) is 32.2. The smallest absolute Gasteiger partial charge is 0.234 e. The Labute approximate surface area is 94.7 Å². The molecule has 2 fully saturated rings. The average Bonchev–Trinajstić information content (AvgIpc) is 2.30. The molecule has 6 heteroatoms. The van der Waals surface area contributed by atoms with Gasteiger partial charge in [-0.05, 0) is 6.92 Å². The molecule has 0 saturated carbocycles.